The second-order valence-corrected chi connectivity index (χ2v) is 3.62. The summed E-state index contributed by atoms with van der Waals surface area (Å²) in [5, 5.41) is 10.9. The van der Waals surface area contributed by atoms with E-state index < -0.39 is 6.09 Å². The molecule has 0 bridgehead atoms. The predicted molar refractivity (Wildman–Crippen MR) is 45.7 cm³/mol. The second-order valence-electron chi connectivity index (χ2n) is 3.62. The van der Waals surface area contributed by atoms with Crippen molar-refractivity contribution in [2.24, 2.45) is 0 Å². The van der Waals surface area contributed by atoms with Crippen LogP contribution in [0.5, 0.6) is 0 Å². The summed E-state index contributed by atoms with van der Waals surface area (Å²) in [5.41, 5.74) is 0. The molecule has 2 aliphatic heterocycles. The van der Waals surface area contributed by atoms with Crippen LogP contribution in [0.4, 0.5) is 4.79 Å². The second kappa shape index (κ2) is 3.51. The van der Waals surface area contributed by atoms with Crippen molar-refractivity contribution in [3.8, 4) is 0 Å². The molecule has 2 fully saturated rings. The number of rotatable bonds is 2. The fraction of sp³-hybridized carbons (Fsp3) is 0.875. The van der Waals surface area contributed by atoms with Crippen LogP contribution in [0.3, 0.4) is 0 Å². The fourth-order valence-corrected chi connectivity index (χ4v) is 1.89. The van der Waals surface area contributed by atoms with Crippen molar-refractivity contribution < 1.29 is 14.6 Å². The first-order valence-corrected chi connectivity index (χ1v) is 4.57. The molecule has 1 amide bonds. The van der Waals surface area contributed by atoms with E-state index in [1.54, 1.807) is 0 Å². The molecule has 13 heavy (non-hydrogen) atoms. The van der Waals surface area contributed by atoms with Gasteiger partial charge in [0, 0.05) is 25.7 Å². The molecule has 5 nitrogen and oxygen atoms in total. The third-order valence-corrected chi connectivity index (χ3v) is 2.66. The van der Waals surface area contributed by atoms with Crippen molar-refractivity contribution >= 4 is 6.09 Å². The minimum Gasteiger partial charge on any atom is -0.465 e. The molecule has 1 atom stereocenters. The van der Waals surface area contributed by atoms with E-state index in [9.17, 15) is 4.79 Å². The van der Waals surface area contributed by atoms with Gasteiger partial charge in [-0.1, -0.05) is 0 Å². The Kier molecular flexibility index (Phi) is 2.37. The van der Waals surface area contributed by atoms with Gasteiger partial charge in [0.15, 0.2) is 0 Å². The number of likely N-dealkylation sites (tertiary alicyclic amines) is 1. The first-order chi connectivity index (χ1) is 6.25. The van der Waals surface area contributed by atoms with E-state index in [0.717, 1.165) is 32.7 Å². The standard InChI is InChI=1S/C8H14N2O3/c11-8(12)9-6-3-10(4-6)7-1-2-13-5-7/h6-7,9H,1-5H2,(H,11,12). The summed E-state index contributed by atoms with van der Waals surface area (Å²) < 4.78 is 5.25. The Bertz CT molecular complexity index is 198. The van der Waals surface area contributed by atoms with Gasteiger partial charge in [-0.25, -0.2) is 4.79 Å². The molecule has 0 aromatic carbocycles. The Labute approximate surface area is 76.7 Å². The third kappa shape index (κ3) is 1.92. The van der Waals surface area contributed by atoms with Crippen LogP contribution in [0.1, 0.15) is 6.42 Å². The zero-order valence-corrected chi connectivity index (χ0v) is 7.40. The number of amides is 1. The van der Waals surface area contributed by atoms with Gasteiger partial charge in [0.25, 0.3) is 0 Å². The fourth-order valence-electron chi connectivity index (χ4n) is 1.89. The SMILES string of the molecule is O=C(O)NC1CN(C2CCOC2)C1. The molecule has 0 radical (unpaired) electrons. The minimum atomic E-state index is -0.924. The first kappa shape index (κ1) is 8.77. The Balaban J connectivity index is 1.68. The van der Waals surface area contributed by atoms with Crippen LogP contribution < -0.4 is 5.32 Å². The highest BCUT2D eigenvalue weighted by atomic mass is 16.5. The minimum absolute atomic E-state index is 0.123. The Morgan fingerprint density at radius 1 is 1.54 bits per heavy atom. The van der Waals surface area contributed by atoms with Crippen molar-refractivity contribution in [3.05, 3.63) is 0 Å². The van der Waals surface area contributed by atoms with Gasteiger partial charge in [0.1, 0.15) is 0 Å². The molecular formula is C8H14N2O3. The molecule has 2 N–H and O–H groups in total. The van der Waals surface area contributed by atoms with Gasteiger partial charge in [-0.05, 0) is 6.42 Å². The first-order valence-electron chi connectivity index (χ1n) is 4.57. The van der Waals surface area contributed by atoms with Crippen LogP contribution in [0.15, 0.2) is 0 Å². The van der Waals surface area contributed by atoms with Gasteiger partial charge in [-0.3, -0.25) is 4.90 Å². The molecule has 5 heteroatoms. The number of nitrogens with zero attached hydrogens (tertiary/aromatic N) is 1. The van der Waals surface area contributed by atoms with E-state index in [4.69, 9.17) is 9.84 Å². The maximum atomic E-state index is 10.3. The van der Waals surface area contributed by atoms with E-state index in [1.807, 2.05) is 0 Å². The Hall–Kier alpha value is -0.810. The van der Waals surface area contributed by atoms with Crippen LogP contribution in [0.2, 0.25) is 0 Å². The molecule has 2 rings (SSSR count). The lowest BCUT2D eigenvalue weighted by atomic mass is 10.1. The van der Waals surface area contributed by atoms with Crippen LogP contribution in [0, 0.1) is 0 Å². The molecule has 0 saturated carbocycles. The van der Waals surface area contributed by atoms with Gasteiger partial charge in [0.05, 0.1) is 12.6 Å². The topological polar surface area (TPSA) is 61.8 Å². The van der Waals surface area contributed by atoms with Crippen molar-refractivity contribution in [2.75, 3.05) is 26.3 Å². The summed E-state index contributed by atoms with van der Waals surface area (Å²) in [5.74, 6) is 0. The molecule has 0 aromatic heterocycles. The van der Waals surface area contributed by atoms with Crippen LogP contribution in [0.25, 0.3) is 0 Å². The smallest absolute Gasteiger partial charge is 0.404 e. The van der Waals surface area contributed by atoms with E-state index >= 15 is 0 Å². The summed E-state index contributed by atoms with van der Waals surface area (Å²) in [6.45, 7) is 3.32. The molecular weight excluding hydrogens is 172 g/mol. The lowest BCUT2D eigenvalue weighted by Crippen LogP contribution is -2.62. The van der Waals surface area contributed by atoms with E-state index in [1.165, 1.54) is 0 Å². The maximum absolute atomic E-state index is 10.3. The average Bonchev–Trinajstić information content (AvgIpc) is 2.46. The molecule has 0 spiro atoms. The lowest BCUT2D eigenvalue weighted by Gasteiger charge is -2.42. The molecule has 74 valence electrons. The predicted octanol–water partition coefficient (Wildman–Crippen LogP) is -0.273. The summed E-state index contributed by atoms with van der Waals surface area (Å²) in [6.07, 6.45) is 0.159. The monoisotopic (exact) mass is 186 g/mol. The number of carbonyl (C=O) groups is 1. The van der Waals surface area contributed by atoms with E-state index in [-0.39, 0.29) is 6.04 Å². The van der Waals surface area contributed by atoms with Crippen LogP contribution in [-0.2, 0) is 4.74 Å². The number of nitrogens with one attached hydrogen (secondary N) is 1. The quantitative estimate of drug-likeness (QED) is 0.623. The highest BCUT2D eigenvalue weighted by molar-refractivity contribution is 5.65. The summed E-state index contributed by atoms with van der Waals surface area (Å²) in [7, 11) is 0. The number of hydrogen-bond acceptors (Lipinski definition) is 3. The maximum Gasteiger partial charge on any atom is 0.404 e. The number of carboxylic acid groups (broad SMARTS) is 1. The van der Waals surface area contributed by atoms with Crippen molar-refractivity contribution in [1.29, 1.82) is 0 Å². The zero-order valence-electron chi connectivity index (χ0n) is 7.40. The van der Waals surface area contributed by atoms with Crippen molar-refractivity contribution in [2.45, 2.75) is 18.5 Å². The van der Waals surface area contributed by atoms with Gasteiger partial charge >= 0.3 is 6.09 Å². The van der Waals surface area contributed by atoms with Gasteiger partial charge in [-0.2, -0.15) is 0 Å². The summed E-state index contributed by atoms with van der Waals surface area (Å²) >= 11 is 0. The summed E-state index contributed by atoms with van der Waals surface area (Å²) in [4.78, 5) is 12.5. The van der Waals surface area contributed by atoms with Crippen molar-refractivity contribution in [3.63, 3.8) is 0 Å². The zero-order chi connectivity index (χ0) is 9.26. The third-order valence-electron chi connectivity index (χ3n) is 2.66. The number of ether oxygens (including phenoxy) is 1. The Morgan fingerprint density at radius 3 is 2.85 bits per heavy atom. The largest absolute Gasteiger partial charge is 0.465 e. The highest BCUT2D eigenvalue weighted by Gasteiger charge is 2.34. The average molecular weight is 186 g/mol. The highest BCUT2D eigenvalue weighted by Crippen LogP contribution is 2.18. The van der Waals surface area contributed by atoms with Crippen molar-refractivity contribution in [1.82, 2.24) is 10.2 Å². The van der Waals surface area contributed by atoms with Gasteiger partial charge in [-0.15, -0.1) is 0 Å². The molecule has 0 aromatic rings. The van der Waals surface area contributed by atoms with Crippen LogP contribution in [-0.4, -0.2) is 54.5 Å². The van der Waals surface area contributed by atoms with Crippen LogP contribution >= 0.6 is 0 Å². The number of hydrogen-bond donors (Lipinski definition) is 2. The normalized spacial score (nSPS) is 30.0. The molecule has 2 saturated heterocycles. The lowest BCUT2D eigenvalue weighted by molar-refractivity contribution is 0.0646. The van der Waals surface area contributed by atoms with E-state index in [0.29, 0.717) is 6.04 Å². The van der Waals surface area contributed by atoms with Gasteiger partial charge < -0.3 is 15.2 Å². The van der Waals surface area contributed by atoms with E-state index in [2.05, 4.69) is 10.2 Å². The Morgan fingerprint density at radius 2 is 2.31 bits per heavy atom. The van der Waals surface area contributed by atoms with Gasteiger partial charge in [0.2, 0.25) is 0 Å². The molecule has 1 unspecified atom stereocenters. The summed E-state index contributed by atoms with van der Waals surface area (Å²) in [6, 6.07) is 0.643. The molecule has 2 aliphatic rings. The molecule has 0 aliphatic carbocycles. The molecule has 2 heterocycles.